The zero-order chi connectivity index (χ0) is 13.7. The highest BCUT2D eigenvalue weighted by molar-refractivity contribution is 5.93. The predicted octanol–water partition coefficient (Wildman–Crippen LogP) is 1.93. The fraction of sp³-hybridized carbons (Fsp3) is 0.357. The number of aromatic nitrogens is 3. The molecule has 0 aliphatic heterocycles. The summed E-state index contributed by atoms with van der Waals surface area (Å²) in [4.78, 5) is 11.8. The first kappa shape index (κ1) is 13.1. The molecule has 98 valence electrons. The standard InChI is InChI=1S/C14H15N3O2/c1-3-4-5-6-9-19-14(18)11-7-8-13-12(10-11)15-16-17(13)2/h1,7-8,10H,4-6,9H2,2H3. The zero-order valence-electron chi connectivity index (χ0n) is 10.8. The van der Waals surface area contributed by atoms with Gasteiger partial charge >= 0.3 is 5.97 Å². The minimum atomic E-state index is -0.340. The average molecular weight is 257 g/mol. The van der Waals surface area contributed by atoms with E-state index >= 15 is 0 Å². The second kappa shape index (κ2) is 6.01. The molecule has 2 rings (SSSR count). The number of terminal acetylenes is 1. The van der Waals surface area contributed by atoms with E-state index in [2.05, 4.69) is 16.2 Å². The molecule has 0 saturated carbocycles. The van der Waals surface area contributed by atoms with E-state index < -0.39 is 0 Å². The van der Waals surface area contributed by atoms with E-state index in [1.165, 1.54) is 0 Å². The zero-order valence-corrected chi connectivity index (χ0v) is 10.8. The third-order valence-corrected chi connectivity index (χ3v) is 2.79. The summed E-state index contributed by atoms with van der Waals surface area (Å²) in [5, 5.41) is 7.85. The number of hydrogen-bond donors (Lipinski definition) is 0. The quantitative estimate of drug-likeness (QED) is 0.466. The Bertz CT molecular complexity index is 625. The number of aryl methyl sites for hydroxylation is 1. The van der Waals surface area contributed by atoms with Crippen molar-refractivity contribution in [2.24, 2.45) is 7.05 Å². The normalized spacial score (nSPS) is 10.3. The van der Waals surface area contributed by atoms with Gasteiger partial charge in [-0.15, -0.1) is 17.4 Å². The lowest BCUT2D eigenvalue weighted by Crippen LogP contribution is -2.06. The molecule has 1 aromatic heterocycles. The van der Waals surface area contributed by atoms with Crippen LogP contribution in [0.5, 0.6) is 0 Å². The molecular formula is C14H15N3O2. The number of benzene rings is 1. The molecule has 0 radical (unpaired) electrons. The van der Waals surface area contributed by atoms with Crippen LogP contribution < -0.4 is 0 Å². The smallest absolute Gasteiger partial charge is 0.338 e. The van der Waals surface area contributed by atoms with Gasteiger partial charge in [0.15, 0.2) is 0 Å². The van der Waals surface area contributed by atoms with Crippen molar-refractivity contribution >= 4 is 17.0 Å². The van der Waals surface area contributed by atoms with Crippen LogP contribution >= 0.6 is 0 Å². The summed E-state index contributed by atoms with van der Waals surface area (Å²) >= 11 is 0. The molecule has 0 aliphatic carbocycles. The van der Waals surface area contributed by atoms with Gasteiger partial charge in [-0.3, -0.25) is 0 Å². The summed E-state index contributed by atoms with van der Waals surface area (Å²) in [6, 6.07) is 5.21. The van der Waals surface area contributed by atoms with Crippen LogP contribution in [0.2, 0.25) is 0 Å². The minimum Gasteiger partial charge on any atom is -0.462 e. The van der Waals surface area contributed by atoms with Crippen LogP contribution in [-0.4, -0.2) is 27.6 Å². The van der Waals surface area contributed by atoms with Crippen molar-refractivity contribution in [3.8, 4) is 12.3 Å². The topological polar surface area (TPSA) is 57.0 Å². The highest BCUT2D eigenvalue weighted by Crippen LogP contribution is 2.13. The Morgan fingerprint density at radius 1 is 1.47 bits per heavy atom. The van der Waals surface area contributed by atoms with E-state index in [1.54, 1.807) is 23.9 Å². The van der Waals surface area contributed by atoms with Gasteiger partial charge in [0.2, 0.25) is 0 Å². The SMILES string of the molecule is C#CCCCCOC(=O)c1ccc2c(c1)nnn2C. The molecule has 0 spiro atoms. The Labute approximate surface area is 111 Å². The summed E-state index contributed by atoms with van der Waals surface area (Å²) in [6.45, 7) is 0.388. The first-order chi connectivity index (χ1) is 9.22. The van der Waals surface area contributed by atoms with Crippen molar-refractivity contribution in [1.29, 1.82) is 0 Å². The van der Waals surface area contributed by atoms with Crippen molar-refractivity contribution in [3.05, 3.63) is 23.8 Å². The van der Waals surface area contributed by atoms with Gasteiger partial charge in [-0.1, -0.05) is 5.21 Å². The maximum absolute atomic E-state index is 11.8. The van der Waals surface area contributed by atoms with Crippen molar-refractivity contribution < 1.29 is 9.53 Å². The third kappa shape index (κ3) is 3.10. The summed E-state index contributed by atoms with van der Waals surface area (Å²) in [5.74, 6) is 2.21. The number of rotatable bonds is 5. The van der Waals surface area contributed by atoms with Crippen LogP contribution in [0.4, 0.5) is 0 Å². The molecule has 0 saturated heterocycles. The minimum absolute atomic E-state index is 0.340. The summed E-state index contributed by atoms with van der Waals surface area (Å²) in [5.41, 5.74) is 2.06. The number of hydrogen-bond acceptors (Lipinski definition) is 4. The summed E-state index contributed by atoms with van der Waals surface area (Å²) in [6.07, 6.45) is 7.50. The highest BCUT2D eigenvalue weighted by Gasteiger charge is 2.10. The van der Waals surface area contributed by atoms with E-state index in [0.29, 0.717) is 24.1 Å². The van der Waals surface area contributed by atoms with E-state index in [0.717, 1.165) is 18.4 Å². The van der Waals surface area contributed by atoms with Gasteiger partial charge in [0.25, 0.3) is 0 Å². The predicted molar refractivity (Wildman–Crippen MR) is 71.5 cm³/mol. The number of ether oxygens (including phenoxy) is 1. The number of nitrogens with zero attached hydrogens (tertiary/aromatic N) is 3. The van der Waals surface area contributed by atoms with Gasteiger partial charge in [0, 0.05) is 13.5 Å². The second-order valence-corrected chi connectivity index (χ2v) is 4.21. The Morgan fingerprint density at radius 2 is 2.32 bits per heavy atom. The second-order valence-electron chi connectivity index (χ2n) is 4.21. The first-order valence-corrected chi connectivity index (χ1v) is 6.12. The van der Waals surface area contributed by atoms with Gasteiger partial charge < -0.3 is 4.74 Å². The summed E-state index contributed by atoms with van der Waals surface area (Å²) in [7, 11) is 1.80. The van der Waals surface area contributed by atoms with Gasteiger partial charge in [0.1, 0.15) is 5.52 Å². The number of fused-ring (bicyclic) bond motifs is 1. The van der Waals surface area contributed by atoms with Crippen LogP contribution in [0.3, 0.4) is 0 Å². The van der Waals surface area contributed by atoms with Crippen molar-refractivity contribution in [2.75, 3.05) is 6.61 Å². The molecule has 5 heteroatoms. The molecule has 0 N–H and O–H groups in total. The average Bonchev–Trinajstić information content (AvgIpc) is 2.79. The molecular weight excluding hydrogens is 242 g/mol. The van der Waals surface area contributed by atoms with Gasteiger partial charge in [0.05, 0.1) is 17.7 Å². The number of esters is 1. The maximum Gasteiger partial charge on any atom is 0.338 e. The molecule has 5 nitrogen and oxygen atoms in total. The Kier molecular flexibility index (Phi) is 4.14. The number of carbonyl (C=O) groups is 1. The largest absolute Gasteiger partial charge is 0.462 e. The molecule has 19 heavy (non-hydrogen) atoms. The van der Waals surface area contributed by atoms with E-state index in [4.69, 9.17) is 11.2 Å². The van der Waals surface area contributed by atoms with Gasteiger partial charge in [-0.05, 0) is 31.0 Å². The highest BCUT2D eigenvalue weighted by atomic mass is 16.5. The molecule has 0 amide bonds. The van der Waals surface area contributed by atoms with E-state index in [-0.39, 0.29) is 5.97 Å². The van der Waals surface area contributed by atoms with E-state index in [1.807, 2.05) is 6.07 Å². The molecule has 0 fully saturated rings. The Balaban J connectivity index is 1.96. The molecule has 0 unspecified atom stereocenters. The molecule has 1 heterocycles. The molecule has 1 aromatic carbocycles. The Hall–Kier alpha value is -2.35. The molecule has 0 aliphatic rings. The van der Waals surface area contributed by atoms with Crippen LogP contribution in [0.25, 0.3) is 11.0 Å². The first-order valence-electron chi connectivity index (χ1n) is 6.12. The molecule has 0 atom stereocenters. The maximum atomic E-state index is 11.8. The fourth-order valence-electron chi connectivity index (χ4n) is 1.74. The molecule has 0 bridgehead atoms. The molecule has 2 aromatic rings. The van der Waals surface area contributed by atoms with E-state index in [9.17, 15) is 4.79 Å². The van der Waals surface area contributed by atoms with Crippen molar-refractivity contribution in [1.82, 2.24) is 15.0 Å². The summed E-state index contributed by atoms with van der Waals surface area (Å²) < 4.78 is 6.82. The van der Waals surface area contributed by atoms with Gasteiger partial charge in [-0.25, -0.2) is 9.48 Å². The lowest BCUT2D eigenvalue weighted by atomic mass is 10.2. The number of carbonyl (C=O) groups excluding carboxylic acids is 1. The van der Waals surface area contributed by atoms with Crippen molar-refractivity contribution in [2.45, 2.75) is 19.3 Å². The number of unbranched alkanes of at least 4 members (excludes halogenated alkanes) is 2. The monoisotopic (exact) mass is 257 g/mol. The van der Waals surface area contributed by atoms with Gasteiger partial charge in [-0.2, -0.15) is 0 Å². The van der Waals surface area contributed by atoms with Crippen LogP contribution in [0, 0.1) is 12.3 Å². The van der Waals surface area contributed by atoms with Crippen LogP contribution in [0.15, 0.2) is 18.2 Å². The van der Waals surface area contributed by atoms with Crippen LogP contribution in [0.1, 0.15) is 29.6 Å². The van der Waals surface area contributed by atoms with Crippen LogP contribution in [-0.2, 0) is 11.8 Å². The lowest BCUT2D eigenvalue weighted by molar-refractivity contribution is 0.0499. The fourth-order valence-corrected chi connectivity index (χ4v) is 1.74. The third-order valence-electron chi connectivity index (χ3n) is 2.79. The van der Waals surface area contributed by atoms with Crippen molar-refractivity contribution in [3.63, 3.8) is 0 Å². The Morgan fingerprint density at radius 3 is 3.11 bits per heavy atom. The lowest BCUT2D eigenvalue weighted by Gasteiger charge is -2.04.